The van der Waals surface area contributed by atoms with Crippen molar-refractivity contribution in [3.05, 3.63) is 216 Å². The molecule has 0 unspecified atom stereocenters. The summed E-state index contributed by atoms with van der Waals surface area (Å²) in [5.41, 5.74) is 12.6. The Bertz CT molecular complexity index is 3730. The van der Waals surface area contributed by atoms with Gasteiger partial charge in [-0.3, -0.25) is 4.57 Å². The number of ether oxygens (including phenoxy) is 1. The van der Waals surface area contributed by atoms with Gasteiger partial charge in [0.05, 0.1) is 28.1 Å². The summed E-state index contributed by atoms with van der Waals surface area (Å²) in [7, 11) is 0. The molecule has 376 valence electrons. The Morgan fingerprint density at radius 3 is 1.67 bits per heavy atom. The second-order valence-electron chi connectivity index (χ2n) is 21.6. The van der Waals surface area contributed by atoms with Gasteiger partial charge in [0, 0.05) is 58.0 Å². The Balaban J connectivity index is 1.11. The van der Waals surface area contributed by atoms with Gasteiger partial charge in [-0.05, 0) is 159 Å². The Morgan fingerprint density at radius 1 is 0.493 bits per heavy atom. The van der Waals surface area contributed by atoms with E-state index in [9.17, 15) is 0 Å². The molecule has 8 aromatic carbocycles. The monoisotopic (exact) mass is 998 g/mol. The third-order valence-corrected chi connectivity index (χ3v) is 14.6. The summed E-state index contributed by atoms with van der Waals surface area (Å²) >= 11 is 0. The number of hydrogen-bond donors (Lipinski definition) is 0. The molecule has 1 aliphatic rings. The van der Waals surface area contributed by atoms with Crippen molar-refractivity contribution in [1.29, 1.82) is 0 Å². The molecule has 10 aromatic rings. The molecule has 0 atom stereocenters. The number of fused-ring (bicyclic) bond motifs is 4. The standard InChI is InChI=1S/C66H58F4N4O/c1-9-40-16-15-17-41(10-2)63(40)44-30-51(37-53(31-44)75-52-22-23-55-54-18-11-12-19-58(54)74(61(55)38-52)62-34-45(24-25-71-62)65(3,4)5)72-39-73(60-21-14-13-20-59(60)72)64-56(42-26-47(67)35-48(68)27-42)32-46(66(6,7)8)33-57(64)43-28-49(69)36-50(70)29-43/h11-38H,9-10,39H2,1-8H3. The third kappa shape index (κ3) is 9.19. The molecule has 0 saturated carbocycles. The average Bonchev–Trinajstić information content (AvgIpc) is 3.98. The number of benzene rings is 8. The minimum absolute atomic E-state index is 0.0860. The van der Waals surface area contributed by atoms with Gasteiger partial charge in [-0.1, -0.05) is 104 Å². The Hall–Kier alpha value is -8.17. The fraction of sp³-hybridized carbons (Fsp3) is 0.197. The summed E-state index contributed by atoms with van der Waals surface area (Å²) in [6.45, 7) is 17.3. The highest BCUT2D eigenvalue weighted by Gasteiger charge is 2.34. The van der Waals surface area contributed by atoms with E-state index in [1.165, 1.54) is 41.0 Å². The zero-order valence-electron chi connectivity index (χ0n) is 43.5. The largest absolute Gasteiger partial charge is 0.457 e. The van der Waals surface area contributed by atoms with Gasteiger partial charge in [-0.2, -0.15) is 0 Å². The summed E-state index contributed by atoms with van der Waals surface area (Å²) in [4.78, 5) is 9.19. The summed E-state index contributed by atoms with van der Waals surface area (Å²) < 4.78 is 70.9. The molecule has 1 aliphatic heterocycles. The summed E-state index contributed by atoms with van der Waals surface area (Å²) in [5, 5.41) is 2.18. The maximum atomic E-state index is 15.4. The second kappa shape index (κ2) is 19.0. The normalized spacial score (nSPS) is 12.8. The summed E-state index contributed by atoms with van der Waals surface area (Å²) in [6.07, 6.45) is 3.51. The number of para-hydroxylation sites is 3. The van der Waals surface area contributed by atoms with Crippen molar-refractivity contribution in [2.45, 2.75) is 79.1 Å². The van der Waals surface area contributed by atoms with E-state index < -0.39 is 28.7 Å². The van der Waals surface area contributed by atoms with Crippen molar-refractivity contribution in [1.82, 2.24) is 9.55 Å². The van der Waals surface area contributed by atoms with Crippen LogP contribution in [0.15, 0.2) is 170 Å². The van der Waals surface area contributed by atoms with Crippen molar-refractivity contribution in [3.63, 3.8) is 0 Å². The molecule has 11 rings (SSSR count). The predicted molar refractivity (Wildman–Crippen MR) is 299 cm³/mol. The first-order valence-corrected chi connectivity index (χ1v) is 25.7. The number of halogens is 4. The van der Waals surface area contributed by atoms with Crippen LogP contribution in [0.25, 0.3) is 61.0 Å². The Morgan fingerprint density at radius 2 is 1.07 bits per heavy atom. The van der Waals surface area contributed by atoms with Crippen LogP contribution in [0.2, 0.25) is 0 Å². The zero-order chi connectivity index (χ0) is 52.5. The molecule has 0 aliphatic carbocycles. The highest BCUT2D eigenvalue weighted by Crippen LogP contribution is 2.53. The van der Waals surface area contributed by atoms with Crippen LogP contribution in [0.3, 0.4) is 0 Å². The van der Waals surface area contributed by atoms with Crippen LogP contribution in [-0.2, 0) is 23.7 Å². The highest BCUT2D eigenvalue weighted by molar-refractivity contribution is 6.09. The van der Waals surface area contributed by atoms with Crippen LogP contribution in [0.5, 0.6) is 11.5 Å². The molecule has 9 heteroatoms. The third-order valence-electron chi connectivity index (χ3n) is 14.6. The Kier molecular flexibility index (Phi) is 12.4. The minimum atomic E-state index is -0.742. The SMILES string of the molecule is CCc1cccc(CC)c1-c1cc(Oc2ccc3c4ccccc4n(-c4cc(C(C)(C)C)ccn4)c3c2)cc(N2CN(c3c(-c4cc(F)cc(F)c4)cc(C(C)(C)C)cc3-c3cc(F)cc(F)c3)c3ccccc32)c1. The first-order valence-electron chi connectivity index (χ1n) is 25.7. The predicted octanol–water partition coefficient (Wildman–Crippen LogP) is 18.5. The van der Waals surface area contributed by atoms with E-state index in [4.69, 9.17) is 9.72 Å². The number of nitrogens with zero attached hydrogens (tertiary/aromatic N) is 4. The van der Waals surface area contributed by atoms with Gasteiger partial charge in [0.25, 0.3) is 0 Å². The van der Waals surface area contributed by atoms with Crippen molar-refractivity contribution in [2.24, 2.45) is 0 Å². The van der Waals surface area contributed by atoms with E-state index >= 15 is 17.6 Å². The lowest BCUT2D eigenvalue weighted by atomic mass is 9.82. The summed E-state index contributed by atoms with van der Waals surface area (Å²) in [6, 6.07) is 50.5. The molecule has 0 saturated heterocycles. The van der Waals surface area contributed by atoms with Gasteiger partial charge in [0.15, 0.2) is 0 Å². The average molecular weight is 999 g/mol. The number of rotatable bonds is 10. The fourth-order valence-corrected chi connectivity index (χ4v) is 10.8. The van der Waals surface area contributed by atoms with Crippen LogP contribution >= 0.6 is 0 Å². The fourth-order valence-electron chi connectivity index (χ4n) is 10.8. The molecule has 0 N–H and O–H groups in total. The van der Waals surface area contributed by atoms with Crippen LogP contribution in [0.4, 0.5) is 40.3 Å². The number of pyridine rings is 1. The van der Waals surface area contributed by atoms with E-state index in [1.807, 2.05) is 75.5 Å². The molecule has 5 nitrogen and oxygen atoms in total. The van der Waals surface area contributed by atoms with Gasteiger partial charge in [0.1, 0.15) is 47.3 Å². The number of aryl methyl sites for hydroxylation is 2. The van der Waals surface area contributed by atoms with E-state index in [0.717, 1.165) is 86.4 Å². The number of hydrogen-bond acceptors (Lipinski definition) is 4. The maximum Gasteiger partial charge on any atom is 0.137 e. The topological polar surface area (TPSA) is 33.5 Å². The molecule has 2 aromatic heterocycles. The van der Waals surface area contributed by atoms with Crippen molar-refractivity contribution in [2.75, 3.05) is 16.5 Å². The summed E-state index contributed by atoms with van der Waals surface area (Å²) in [5.74, 6) is -0.892. The maximum absolute atomic E-state index is 15.4. The van der Waals surface area contributed by atoms with Crippen LogP contribution in [0.1, 0.15) is 77.6 Å². The van der Waals surface area contributed by atoms with E-state index in [1.54, 1.807) is 0 Å². The molecule has 0 amide bonds. The van der Waals surface area contributed by atoms with E-state index in [-0.39, 0.29) is 23.2 Å². The number of aromatic nitrogens is 2. The lowest BCUT2D eigenvalue weighted by molar-refractivity contribution is 0.483. The van der Waals surface area contributed by atoms with Crippen molar-refractivity contribution >= 4 is 44.6 Å². The smallest absolute Gasteiger partial charge is 0.137 e. The van der Waals surface area contributed by atoms with Crippen LogP contribution in [0, 0.1) is 23.3 Å². The van der Waals surface area contributed by atoms with Crippen LogP contribution in [-0.4, -0.2) is 16.2 Å². The molecular formula is C66H58F4N4O. The van der Waals surface area contributed by atoms with Gasteiger partial charge in [-0.15, -0.1) is 0 Å². The van der Waals surface area contributed by atoms with Gasteiger partial charge in [-0.25, -0.2) is 22.5 Å². The Labute approximate surface area is 436 Å². The van der Waals surface area contributed by atoms with E-state index in [0.29, 0.717) is 28.3 Å². The van der Waals surface area contributed by atoms with Gasteiger partial charge < -0.3 is 14.5 Å². The molecule has 75 heavy (non-hydrogen) atoms. The lowest BCUT2D eigenvalue weighted by Gasteiger charge is -2.30. The lowest BCUT2D eigenvalue weighted by Crippen LogP contribution is -2.25. The molecule has 0 fully saturated rings. The number of anilines is 4. The molecule has 3 heterocycles. The highest BCUT2D eigenvalue weighted by atomic mass is 19.1. The zero-order valence-corrected chi connectivity index (χ0v) is 43.5. The van der Waals surface area contributed by atoms with Crippen molar-refractivity contribution in [3.8, 4) is 50.7 Å². The van der Waals surface area contributed by atoms with E-state index in [2.05, 4.69) is 128 Å². The quantitative estimate of drug-likeness (QED) is 0.128. The second-order valence-corrected chi connectivity index (χ2v) is 21.6. The minimum Gasteiger partial charge on any atom is -0.457 e. The van der Waals surface area contributed by atoms with Crippen LogP contribution < -0.4 is 14.5 Å². The first-order chi connectivity index (χ1) is 35.9. The molecule has 0 spiro atoms. The first kappa shape index (κ1) is 49.1. The molecule has 0 bridgehead atoms. The molecule has 0 radical (unpaired) electrons. The molecular weight excluding hydrogens is 941 g/mol. The van der Waals surface area contributed by atoms with Gasteiger partial charge >= 0.3 is 0 Å². The van der Waals surface area contributed by atoms with Crippen molar-refractivity contribution < 1.29 is 22.3 Å². The van der Waals surface area contributed by atoms with Gasteiger partial charge in [0.2, 0.25) is 0 Å².